The van der Waals surface area contributed by atoms with Gasteiger partial charge in [-0.2, -0.15) is 26.3 Å². The Kier molecular flexibility index (Phi) is 5.59. The first-order chi connectivity index (χ1) is 10.6. The zero-order chi connectivity index (χ0) is 18.9. The molecule has 3 nitrogen and oxygen atoms in total. The number of aliphatic carboxylic acids is 1. The average Bonchev–Trinajstić information content (AvgIpc) is 2.35. The summed E-state index contributed by atoms with van der Waals surface area (Å²) >= 11 is 0. The van der Waals surface area contributed by atoms with E-state index in [4.69, 9.17) is 10.8 Å². The lowest BCUT2D eigenvalue weighted by Crippen LogP contribution is -2.46. The fraction of sp³-hybridized carbons (Fsp3) is 0.533. The number of carbonyl (C=O) groups is 1. The molecular weight excluding hydrogens is 340 g/mol. The van der Waals surface area contributed by atoms with Crippen LogP contribution >= 0.6 is 0 Å². The van der Waals surface area contributed by atoms with Crippen LogP contribution in [0, 0.1) is 5.92 Å². The number of halogens is 6. The number of nitrogens with two attached hydrogens (primary N) is 1. The predicted octanol–water partition coefficient (Wildman–Crippen LogP) is 4.09. The van der Waals surface area contributed by atoms with E-state index in [0.29, 0.717) is 6.07 Å². The van der Waals surface area contributed by atoms with E-state index in [-0.39, 0.29) is 24.5 Å². The zero-order valence-electron chi connectivity index (χ0n) is 12.9. The Morgan fingerprint density at radius 1 is 1.17 bits per heavy atom. The van der Waals surface area contributed by atoms with Crippen LogP contribution in [-0.2, 0) is 23.6 Å². The first-order valence-electron chi connectivity index (χ1n) is 6.94. The van der Waals surface area contributed by atoms with Gasteiger partial charge in [0.15, 0.2) is 0 Å². The van der Waals surface area contributed by atoms with E-state index in [1.165, 1.54) is 13.8 Å². The zero-order valence-corrected chi connectivity index (χ0v) is 12.9. The molecule has 0 saturated heterocycles. The second-order valence-electron chi connectivity index (χ2n) is 6.10. The molecule has 1 aromatic rings. The molecule has 3 N–H and O–H groups in total. The molecule has 0 saturated carbocycles. The molecule has 1 aromatic carbocycles. The number of carboxylic acid groups (broad SMARTS) is 1. The minimum absolute atomic E-state index is 0.0703. The summed E-state index contributed by atoms with van der Waals surface area (Å²) in [6, 6.07) is 1.42. The number of carboxylic acids is 1. The van der Waals surface area contributed by atoms with Crippen LogP contribution in [0.4, 0.5) is 26.3 Å². The number of rotatable bonds is 5. The van der Waals surface area contributed by atoms with Gasteiger partial charge in [0.25, 0.3) is 0 Å². The summed E-state index contributed by atoms with van der Waals surface area (Å²) in [5.74, 6) is -1.88. The molecular formula is C15H17F6NO2. The SMILES string of the molecule is CC(Cc1ccc(C(F)(F)F)cc1C(F)(F)F)CC(C)(N)C(=O)O. The van der Waals surface area contributed by atoms with Crippen molar-refractivity contribution in [2.75, 3.05) is 0 Å². The van der Waals surface area contributed by atoms with Crippen LogP contribution in [0.25, 0.3) is 0 Å². The fourth-order valence-electron chi connectivity index (χ4n) is 2.45. The van der Waals surface area contributed by atoms with Crippen LogP contribution in [0.2, 0.25) is 0 Å². The second kappa shape index (κ2) is 6.62. The molecule has 0 amide bonds. The summed E-state index contributed by atoms with van der Waals surface area (Å²) in [7, 11) is 0. The minimum Gasteiger partial charge on any atom is -0.480 e. The first kappa shape index (κ1) is 20.3. The summed E-state index contributed by atoms with van der Waals surface area (Å²) < 4.78 is 77.0. The third-order valence-electron chi connectivity index (χ3n) is 3.57. The molecule has 2 atom stereocenters. The van der Waals surface area contributed by atoms with Gasteiger partial charge in [0.2, 0.25) is 0 Å². The molecule has 2 unspecified atom stereocenters. The molecule has 0 radical (unpaired) electrons. The smallest absolute Gasteiger partial charge is 0.416 e. The molecule has 136 valence electrons. The van der Waals surface area contributed by atoms with Crippen LogP contribution < -0.4 is 5.73 Å². The van der Waals surface area contributed by atoms with Crippen molar-refractivity contribution in [2.45, 2.75) is 44.6 Å². The van der Waals surface area contributed by atoms with E-state index in [9.17, 15) is 31.1 Å². The van der Waals surface area contributed by atoms with Gasteiger partial charge in [-0.05, 0) is 43.4 Å². The van der Waals surface area contributed by atoms with Crippen LogP contribution in [0.3, 0.4) is 0 Å². The molecule has 0 aliphatic carbocycles. The average molecular weight is 357 g/mol. The molecule has 1 rings (SSSR count). The van der Waals surface area contributed by atoms with E-state index in [0.717, 1.165) is 6.07 Å². The summed E-state index contributed by atoms with van der Waals surface area (Å²) in [4.78, 5) is 11.0. The van der Waals surface area contributed by atoms with Gasteiger partial charge >= 0.3 is 18.3 Å². The van der Waals surface area contributed by atoms with Crippen molar-refractivity contribution in [3.8, 4) is 0 Å². The Hall–Kier alpha value is -1.77. The van der Waals surface area contributed by atoms with E-state index in [1.54, 1.807) is 0 Å². The van der Waals surface area contributed by atoms with Crippen molar-refractivity contribution in [1.82, 2.24) is 0 Å². The standard InChI is InChI=1S/C15H17F6NO2/c1-8(7-13(2,22)12(23)24)5-9-3-4-10(14(16,17)18)6-11(9)15(19,20)21/h3-4,6,8H,5,7,22H2,1-2H3,(H,23,24). The third kappa shape index (κ3) is 5.12. The second-order valence-corrected chi connectivity index (χ2v) is 6.10. The molecule has 0 aliphatic rings. The quantitative estimate of drug-likeness (QED) is 0.780. The molecule has 0 aliphatic heterocycles. The lowest BCUT2D eigenvalue weighted by Gasteiger charge is -2.24. The van der Waals surface area contributed by atoms with Crippen LogP contribution in [0.15, 0.2) is 18.2 Å². The van der Waals surface area contributed by atoms with E-state index in [2.05, 4.69) is 0 Å². The molecule has 24 heavy (non-hydrogen) atoms. The van der Waals surface area contributed by atoms with Crippen molar-refractivity contribution < 1.29 is 36.2 Å². The molecule has 0 bridgehead atoms. The highest BCUT2D eigenvalue weighted by atomic mass is 19.4. The Morgan fingerprint density at radius 3 is 2.12 bits per heavy atom. The van der Waals surface area contributed by atoms with Crippen LogP contribution in [-0.4, -0.2) is 16.6 Å². The molecule has 0 heterocycles. The van der Waals surface area contributed by atoms with E-state index in [1.807, 2.05) is 0 Å². The van der Waals surface area contributed by atoms with Crippen LogP contribution in [0.1, 0.15) is 37.0 Å². The Balaban J connectivity index is 3.14. The first-order valence-corrected chi connectivity index (χ1v) is 6.94. The maximum absolute atomic E-state index is 13.0. The van der Waals surface area contributed by atoms with Gasteiger partial charge in [-0.25, -0.2) is 0 Å². The molecule has 0 spiro atoms. The summed E-state index contributed by atoms with van der Waals surface area (Å²) in [5.41, 5.74) is 0.819. The molecule has 0 fully saturated rings. The predicted molar refractivity (Wildman–Crippen MR) is 74.2 cm³/mol. The Bertz CT molecular complexity index is 607. The Morgan fingerprint density at radius 2 is 1.71 bits per heavy atom. The molecule has 9 heteroatoms. The topological polar surface area (TPSA) is 63.3 Å². The minimum atomic E-state index is -4.95. The highest BCUT2D eigenvalue weighted by Gasteiger charge is 2.38. The van der Waals surface area contributed by atoms with Crippen molar-refractivity contribution in [2.24, 2.45) is 11.7 Å². The van der Waals surface area contributed by atoms with Gasteiger partial charge in [0, 0.05) is 0 Å². The lowest BCUT2D eigenvalue weighted by molar-refractivity contribution is -0.145. The summed E-state index contributed by atoms with van der Waals surface area (Å²) in [6.07, 6.45) is -10.2. The maximum atomic E-state index is 13.0. The maximum Gasteiger partial charge on any atom is 0.416 e. The van der Waals surface area contributed by atoms with Gasteiger partial charge in [-0.3, -0.25) is 4.79 Å². The van der Waals surface area contributed by atoms with Crippen molar-refractivity contribution >= 4 is 5.97 Å². The van der Waals surface area contributed by atoms with Gasteiger partial charge in [0.1, 0.15) is 5.54 Å². The van der Waals surface area contributed by atoms with Gasteiger partial charge in [-0.1, -0.05) is 13.0 Å². The van der Waals surface area contributed by atoms with Crippen molar-refractivity contribution in [3.05, 3.63) is 34.9 Å². The van der Waals surface area contributed by atoms with Crippen LogP contribution in [0.5, 0.6) is 0 Å². The lowest BCUT2D eigenvalue weighted by atomic mass is 9.85. The highest BCUT2D eigenvalue weighted by molar-refractivity contribution is 5.77. The highest BCUT2D eigenvalue weighted by Crippen LogP contribution is 2.38. The number of alkyl halides is 6. The largest absolute Gasteiger partial charge is 0.480 e. The summed E-state index contributed by atoms with van der Waals surface area (Å²) in [6.45, 7) is 2.72. The fourth-order valence-corrected chi connectivity index (χ4v) is 2.45. The Labute approximate surface area is 134 Å². The van der Waals surface area contributed by atoms with Gasteiger partial charge in [-0.15, -0.1) is 0 Å². The van der Waals surface area contributed by atoms with Crippen molar-refractivity contribution in [1.29, 1.82) is 0 Å². The monoisotopic (exact) mass is 357 g/mol. The number of hydrogen-bond acceptors (Lipinski definition) is 2. The van der Waals surface area contributed by atoms with E-state index < -0.39 is 40.9 Å². The number of benzene rings is 1. The third-order valence-corrected chi connectivity index (χ3v) is 3.57. The summed E-state index contributed by atoms with van der Waals surface area (Å²) in [5, 5.41) is 8.94. The van der Waals surface area contributed by atoms with Gasteiger partial charge in [0.05, 0.1) is 11.1 Å². The number of hydrogen-bond donors (Lipinski definition) is 2. The normalized spacial score (nSPS) is 16.5. The van der Waals surface area contributed by atoms with Gasteiger partial charge < -0.3 is 10.8 Å². The molecule has 0 aromatic heterocycles. The van der Waals surface area contributed by atoms with E-state index >= 15 is 0 Å². The van der Waals surface area contributed by atoms with Crippen molar-refractivity contribution in [3.63, 3.8) is 0 Å².